The summed E-state index contributed by atoms with van der Waals surface area (Å²) in [5.41, 5.74) is 4.43. The van der Waals surface area contributed by atoms with Gasteiger partial charge in [0, 0.05) is 5.69 Å². The van der Waals surface area contributed by atoms with Gasteiger partial charge in [-0.2, -0.15) is 5.10 Å². The molecular formula is C16H22N2O. The second-order valence-corrected chi connectivity index (χ2v) is 4.94. The molecule has 3 heteroatoms. The molecule has 0 saturated carbocycles. The minimum absolute atomic E-state index is 0.504. The van der Waals surface area contributed by atoms with Gasteiger partial charge in [-0.3, -0.25) is 4.68 Å². The van der Waals surface area contributed by atoms with Gasteiger partial charge in [-0.1, -0.05) is 43.7 Å². The van der Waals surface area contributed by atoms with Gasteiger partial charge in [-0.05, 0) is 31.4 Å². The summed E-state index contributed by atoms with van der Waals surface area (Å²) in [6, 6.07) is 10.1. The Kier molecular flexibility index (Phi) is 4.38. The monoisotopic (exact) mass is 258 g/mol. The number of benzene rings is 1. The van der Waals surface area contributed by atoms with Crippen molar-refractivity contribution in [2.24, 2.45) is 0 Å². The minimum atomic E-state index is -0.504. The van der Waals surface area contributed by atoms with Crippen molar-refractivity contribution in [1.82, 2.24) is 9.78 Å². The lowest BCUT2D eigenvalue weighted by Gasteiger charge is -2.13. The summed E-state index contributed by atoms with van der Waals surface area (Å²) < 4.78 is 1.93. The average Bonchev–Trinajstić information content (AvgIpc) is 2.81. The Morgan fingerprint density at radius 2 is 1.84 bits per heavy atom. The number of nitrogens with zero attached hydrogens (tertiary/aromatic N) is 2. The van der Waals surface area contributed by atoms with Gasteiger partial charge in [0.2, 0.25) is 0 Å². The van der Waals surface area contributed by atoms with Crippen molar-refractivity contribution in [2.75, 3.05) is 0 Å². The zero-order valence-electron chi connectivity index (χ0n) is 11.9. The minimum Gasteiger partial charge on any atom is -0.386 e. The maximum atomic E-state index is 10.3. The van der Waals surface area contributed by atoms with Gasteiger partial charge in [0.25, 0.3) is 0 Å². The van der Waals surface area contributed by atoms with E-state index in [0.717, 1.165) is 24.1 Å². The van der Waals surface area contributed by atoms with E-state index in [1.54, 1.807) is 0 Å². The zero-order valence-corrected chi connectivity index (χ0v) is 11.9. The van der Waals surface area contributed by atoms with Gasteiger partial charge in [0.05, 0.1) is 18.3 Å². The highest BCUT2D eigenvalue weighted by Crippen LogP contribution is 2.17. The van der Waals surface area contributed by atoms with E-state index in [1.807, 2.05) is 35.9 Å². The van der Waals surface area contributed by atoms with Crippen LogP contribution < -0.4 is 0 Å². The van der Waals surface area contributed by atoms with E-state index in [4.69, 9.17) is 0 Å². The quantitative estimate of drug-likeness (QED) is 0.895. The second kappa shape index (κ2) is 6.02. The van der Waals surface area contributed by atoms with Gasteiger partial charge in [0.1, 0.15) is 0 Å². The summed E-state index contributed by atoms with van der Waals surface area (Å²) in [6.45, 7) is 6.78. The molecule has 2 aromatic rings. The number of hydrogen-bond donors (Lipinski definition) is 1. The van der Waals surface area contributed by atoms with Crippen LogP contribution in [0, 0.1) is 6.92 Å². The Morgan fingerprint density at radius 1 is 1.16 bits per heavy atom. The fourth-order valence-electron chi connectivity index (χ4n) is 2.19. The molecule has 0 amide bonds. The molecule has 0 fully saturated rings. The third-order valence-electron chi connectivity index (χ3n) is 3.45. The van der Waals surface area contributed by atoms with Gasteiger partial charge in [-0.25, -0.2) is 0 Å². The third kappa shape index (κ3) is 3.24. The molecule has 3 nitrogen and oxygen atoms in total. The van der Waals surface area contributed by atoms with Gasteiger partial charge >= 0.3 is 0 Å². The highest BCUT2D eigenvalue weighted by molar-refractivity contribution is 5.23. The average molecular weight is 258 g/mol. The number of aryl methyl sites for hydroxylation is 3. The van der Waals surface area contributed by atoms with Crippen molar-refractivity contribution >= 4 is 0 Å². The Hall–Kier alpha value is -1.61. The lowest BCUT2D eigenvalue weighted by atomic mass is 10.1. The molecule has 0 spiro atoms. The van der Waals surface area contributed by atoms with Gasteiger partial charge < -0.3 is 5.11 Å². The Bertz CT molecular complexity index is 528. The van der Waals surface area contributed by atoms with Crippen LogP contribution >= 0.6 is 0 Å². The molecule has 0 bridgehead atoms. The Labute approximate surface area is 114 Å². The summed E-state index contributed by atoms with van der Waals surface area (Å²) in [5.74, 6) is 0. The largest absolute Gasteiger partial charge is 0.386 e. The predicted molar refractivity (Wildman–Crippen MR) is 77.1 cm³/mol. The van der Waals surface area contributed by atoms with Crippen LogP contribution in [0.3, 0.4) is 0 Å². The van der Waals surface area contributed by atoms with Crippen LogP contribution in [0.4, 0.5) is 0 Å². The molecule has 0 saturated heterocycles. The van der Waals surface area contributed by atoms with Crippen molar-refractivity contribution in [2.45, 2.75) is 46.3 Å². The third-order valence-corrected chi connectivity index (χ3v) is 3.45. The van der Waals surface area contributed by atoms with Crippen LogP contribution in [-0.2, 0) is 19.4 Å². The van der Waals surface area contributed by atoms with Crippen molar-refractivity contribution in [1.29, 1.82) is 0 Å². The molecular weight excluding hydrogens is 236 g/mol. The van der Waals surface area contributed by atoms with Crippen molar-refractivity contribution in [3.63, 3.8) is 0 Å². The molecule has 1 N–H and O–H groups in total. The lowest BCUT2D eigenvalue weighted by molar-refractivity contribution is 0.150. The van der Waals surface area contributed by atoms with E-state index in [-0.39, 0.29) is 0 Å². The highest BCUT2D eigenvalue weighted by Gasteiger charge is 2.12. The maximum absolute atomic E-state index is 10.3. The number of aliphatic hydroxyl groups excluding tert-OH is 1. The molecule has 1 atom stereocenters. The standard InChI is InChI=1S/C16H22N2O/c1-4-14-10-15(5-2)18(17-14)11-16(19)13-8-6-12(3)7-9-13/h6-10,16,19H,4-5,11H2,1-3H3. The summed E-state index contributed by atoms with van der Waals surface area (Å²) in [4.78, 5) is 0. The first-order valence-corrected chi connectivity index (χ1v) is 6.94. The summed E-state index contributed by atoms with van der Waals surface area (Å²) in [5, 5.41) is 14.8. The van der Waals surface area contributed by atoms with Gasteiger partial charge in [-0.15, -0.1) is 0 Å². The van der Waals surface area contributed by atoms with Crippen LogP contribution in [0.5, 0.6) is 0 Å². The summed E-state index contributed by atoms with van der Waals surface area (Å²) in [6.07, 6.45) is 1.37. The van der Waals surface area contributed by atoms with E-state index >= 15 is 0 Å². The van der Waals surface area contributed by atoms with Crippen molar-refractivity contribution in [3.05, 3.63) is 52.8 Å². The first-order chi connectivity index (χ1) is 9.13. The van der Waals surface area contributed by atoms with Gasteiger partial charge in [0.15, 0.2) is 0 Å². The molecule has 1 unspecified atom stereocenters. The Morgan fingerprint density at radius 3 is 2.42 bits per heavy atom. The van der Waals surface area contributed by atoms with Crippen molar-refractivity contribution < 1.29 is 5.11 Å². The topological polar surface area (TPSA) is 38.0 Å². The molecule has 19 heavy (non-hydrogen) atoms. The normalized spacial score (nSPS) is 12.6. The lowest BCUT2D eigenvalue weighted by Crippen LogP contribution is -2.12. The molecule has 0 aliphatic rings. The molecule has 1 aromatic carbocycles. The smallest absolute Gasteiger partial charge is 0.0985 e. The molecule has 1 aromatic heterocycles. The van der Waals surface area contributed by atoms with Crippen LogP contribution in [0.1, 0.15) is 42.5 Å². The molecule has 1 heterocycles. The van der Waals surface area contributed by atoms with Crippen LogP contribution in [0.2, 0.25) is 0 Å². The first-order valence-electron chi connectivity index (χ1n) is 6.94. The zero-order chi connectivity index (χ0) is 13.8. The molecule has 2 rings (SSSR count). The highest BCUT2D eigenvalue weighted by atomic mass is 16.3. The van der Waals surface area contributed by atoms with E-state index in [2.05, 4.69) is 25.0 Å². The number of rotatable bonds is 5. The van der Waals surface area contributed by atoms with Crippen LogP contribution in [0.25, 0.3) is 0 Å². The SMILES string of the molecule is CCc1cc(CC)n(CC(O)c2ccc(C)cc2)n1. The number of aliphatic hydroxyl groups is 1. The van der Waals surface area contributed by atoms with Crippen LogP contribution in [0.15, 0.2) is 30.3 Å². The molecule has 102 valence electrons. The number of aromatic nitrogens is 2. The van der Waals surface area contributed by atoms with Crippen LogP contribution in [-0.4, -0.2) is 14.9 Å². The molecule has 0 radical (unpaired) electrons. The maximum Gasteiger partial charge on any atom is 0.0985 e. The molecule has 0 aliphatic carbocycles. The van der Waals surface area contributed by atoms with E-state index in [9.17, 15) is 5.11 Å². The second-order valence-electron chi connectivity index (χ2n) is 4.94. The summed E-state index contributed by atoms with van der Waals surface area (Å²) in [7, 11) is 0. The summed E-state index contributed by atoms with van der Waals surface area (Å²) >= 11 is 0. The fraction of sp³-hybridized carbons (Fsp3) is 0.438. The van der Waals surface area contributed by atoms with E-state index in [0.29, 0.717) is 6.54 Å². The fourth-order valence-corrected chi connectivity index (χ4v) is 2.19. The number of hydrogen-bond acceptors (Lipinski definition) is 2. The molecule has 0 aliphatic heterocycles. The Balaban J connectivity index is 2.15. The van der Waals surface area contributed by atoms with E-state index < -0.39 is 6.10 Å². The predicted octanol–water partition coefficient (Wildman–Crippen LogP) is 3.05. The first kappa shape index (κ1) is 13.8. The van der Waals surface area contributed by atoms with Crippen molar-refractivity contribution in [3.8, 4) is 0 Å². The van der Waals surface area contributed by atoms with E-state index in [1.165, 1.54) is 11.3 Å².